The topological polar surface area (TPSA) is 133 Å². The highest BCUT2D eigenvalue weighted by Gasteiger charge is 2.22. The highest BCUT2D eigenvalue weighted by Crippen LogP contribution is 2.33. The number of pyridine rings is 1. The molecule has 9 nitrogen and oxygen atoms in total. The van der Waals surface area contributed by atoms with Gasteiger partial charge in [-0.2, -0.15) is 4.98 Å². The number of carboxylic acid groups (broad SMARTS) is 1. The number of benzene rings is 2. The fourth-order valence-corrected chi connectivity index (χ4v) is 3.20. The molecule has 0 fully saturated rings. The summed E-state index contributed by atoms with van der Waals surface area (Å²) in [6.45, 7) is 3.64. The number of nitrogens with zero attached hydrogens (tertiary/aromatic N) is 1. The van der Waals surface area contributed by atoms with Gasteiger partial charge in [-0.15, -0.1) is 0 Å². The Bertz CT molecular complexity index is 1250. The summed E-state index contributed by atoms with van der Waals surface area (Å²) in [5.74, 6) is -4.98. The second-order valence-corrected chi connectivity index (χ2v) is 7.51. The molecule has 11 heteroatoms. The zero-order valence-corrected chi connectivity index (χ0v) is 19.6. The third-order valence-electron chi connectivity index (χ3n) is 4.90. The van der Waals surface area contributed by atoms with E-state index in [1.165, 1.54) is 13.0 Å². The summed E-state index contributed by atoms with van der Waals surface area (Å²) in [7, 11) is 0. The Balaban J connectivity index is 2.01. The van der Waals surface area contributed by atoms with Crippen LogP contribution in [0, 0.1) is 11.6 Å². The van der Waals surface area contributed by atoms with Crippen LogP contribution in [0.1, 0.15) is 25.8 Å². The monoisotopic (exact) mass is 501 g/mol. The van der Waals surface area contributed by atoms with Crippen molar-refractivity contribution >= 4 is 17.7 Å². The molecule has 0 saturated heterocycles. The number of carbonyl (C=O) groups is 2. The van der Waals surface area contributed by atoms with Crippen LogP contribution in [0.15, 0.2) is 48.5 Å². The van der Waals surface area contributed by atoms with Crippen molar-refractivity contribution in [2.24, 2.45) is 5.73 Å². The van der Waals surface area contributed by atoms with Crippen LogP contribution >= 0.6 is 0 Å². The molecular formula is C25H25F2N3O6. The molecular weight excluding hydrogens is 476 g/mol. The number of aliphatic carboxylic acids is 1. The number of amides is 1. The van der Waals surface area contributed by atoms with Gasteiger partial charge in [-0.3, -0.25) is 5.32 Å². The normalized spacial score (nSPS) is 11.5. The summed E-state index contributed by atoms with van der Waals surface area (Å²) >= 11 is 0. The number of nitrogens with one attached hydrogen (secondary N) is 1. The van der Waals surface area contributed by atoms with Gasteiger partial charge < -0.3 is 25.1 Å². The van der Waals surface area contributed by atoms with E-state index in [-0.39, 0.29) is 24.5 Å². The molecule has 36 heavy (non-hydrogen) atoms. The molecule has 0 spiro atoms. The number of carboxylic acids is 1. The first-order valence-corrected chi connectivity index (χ1v) is 11.1. The molecule has 0 unspecified atom stereocenters. The third-order valence-corrected chi connectivity index (χ3v) is 4.90. The summed E-state index contributed by atoms with van der Waals surface area (Å²) in [4.78, 5) is 26.9. The van der Waals surface area contributed by atoms with Crippen molar-refractivity contribution in [3.63, 3.8) is 0 Å². The number of hydrogen-bond donors (Lipinski definition) is 3. The lowest BCUT2D eigenvalue weighted by molar-refractivity contribution is -0.145. The highest BCUT2D eigenvalue weighted by molar-refractivity contribution is 5.86. The molecule has 4 N–H and O–H groups in total. The van der Waals surface area contributed by atoms with Crippen molar-refractivity contribution in [2.75, 3.05) is 11.9 Å². The van der Waals surface area contributed by atoms with Gasteiger partial charge in [0.2, 0.25) is 0 Å². The first-order valence-electron chi connectivity index (χ1n) is 11.1. The van der Waals surface area contributed by atoms with E-state index in [0.717, 1.165) is 11.1 Å². The smallest absolute Gasteiger partial charge is 0.411 e. The Kier molecular flexibility index (Phi) is 8.74. The van der Waals surface area contributed by atoms with Crippen molar-refractivity contribution in [3.05, 3.63) is 65.7 Å². The molecule has 0 aliphatic heterocycles. The molecule has 2 aromatic carbocycles. The lowest BCUT2D eigenvalue weighted by Crippen LogP contribution is -2.26. The molecule has 0 aliphatic carbocycles. The Morgan fingerprint density at radius 2 is 1.81 bits per heavy atom. The lowest BCUT2D eigenvalue weighted by atomic mass is 10.0. The van der Waals surface area contributed by atoms with Gasteiger partial charge in [0.15, 0.2) is 17.7 Å². The number of halogens is 2. The summed E-state index contributed by atoms with van der Waals surface area (Å²) < 4.78 is 44.3. The molecule has 1 aromatic heterocycles. The number of rotatable bonds is 10. The maximum absolute atomic E-state index is 14.5. The van der Waals surface area contributed by atoms with Gasteiger partial charge in [-0.05, 0) is 48.2 Å². The fraction of sp³-hybridized carbons (Fsp3) is 0.240. The number of ether oxygens (including phenoxy) is 3. The van der Waals surface area contributed by atoms with Crippen LogP contribution in [-0.4, -0.2) is 34.9 Å². The van der Waals surface area contributed by atoms with Crippen molar-refractivity contribution in [1.82, 2.24) is 4.98 Å². The molecule has 1 amide bonds. The highest BCUT2D eigenvalue weighted by atomic mass is 19.1. The molecule has 1 atom stereocenters. The van der Waals surface area contributed by atoms with Gasteiger partial charge in [0, 0.05) is 24.4 Å². The van der Waals surface area contributed by atoms with Gasteiger partial charge >= 0.3 is 12.1 Å². The van der Waals surface area contributed by atoms with Gasteiger partial charge in [0.05, 0.1) is 6.61 Å². The summed E-state index contributed by atoms with van der Waals surface area (Å²) in [5, 5.41) is 11.7. The third kappa shape index (κ3) is 6.66. The van der Waals surface area contributed by atoms with Crippen LogP contribution in [0.2, 0.25) is 0 Å². The average Bonchev–Trinajstić information content (AvgIpc) is 2.84. The second-order valence-electron chi connectivity index (χ2n) is 7.51. The van der Waals surface area contributed by atoms with Crippen LogP contribution in [0.25, 0.3) is 11.1 Å². The zero-order valence-electron chi connectivity index (χ0n) is 19.6. The average molecular weight is 501 g/mol. The van der Waals surface area contributed by atoms with Gasteiger partial charge in [-0.25, -0.2) is 18.4 Å². The molecule has 3 aromatic rings. The van der Waals surface area contributed by atoms with E-state index < -0.39 is 41.6 Å². The Labute approximate surface area is 205 Å². The van der Waals surface area contributed by atoms with Crippen molar-refractivity contribution < 1.29 is 37.7 Å². The van der Waals surface area contributed by atoms with E-state index in [0.29, 0.717) is 18.2 Å². The Morgan fingerprint density at radius 1 is 1.06 bits per heavy atom. The van der Waals surface area contributed by atoms with Gasteiger partial charge in [-0.1, -0.05) is 25.1 Å². The standard InChI is InChI=1S/C25H25F2N3O6/c1-3-21(24(31)32)36-23-20(27)12-19(26)22(30-23)35-18-10-16(15-7-5-6-14(8-15)13-28)9-17(11-18)29-25(33)34-4-2/h5-12,21H,3-4,13,28H2,1-2H3,(H,29,33)(H,31,32)/t21-/m1/s1. The quantitative estimate of drug-likeness (QED) is 0.350. The Hall–Kier alpha value is -4.25. The number of hydrogen-bond acceptors (Lipinski definition) is 7. The molecule has 0 radical (unpaired) electrons. The summed E-state index contributed by atoms with van der Waals surface area (Å²) in [6.07, 6.45) is -2.07. The minimum absolute atomic E-state index is 0.0246. The van der Waals surface area contributed by atoms with Crippen molar-refractivity contribution in [1.29, 1.82) is 0 Å². The predicted octanol–water partition coefficient (Wildman–Crippen LogP) is 5.09. The van der Waals surface area contributed by atoms with E-state index in [2.05, 4.69) is 10.3 Å². The molecule has 3 rings (SSSR count). The summed E-state index contributed by atoms with van der Waals surface area (Å²) in [5.41, 5.74) is 8.19. The maximum atomic E-state index is 14.5. The number of anilines is 1. The van der Waals surface area contributed by atoms with Crippen LogP contribution in [-0.2, 0) is 16.1 Å². The van der Waals surface area contributed by atoms with E-state index >= 15 is 0 Å². The number of nitrogens with two attached hydrogens (primary N) is 1. The molecule has 190 valence electrons. The SMILES string of the molecule is CCOC(=O)Nc1cc(Oc2nc(O[C@H](CC)C(=O)O)c(F)cc2F)cc(-c2cccc(CN)c2)c1. The van der Waals surface area contributed by atoms with E-state index in [9.17, 15) is 18.4 Å². The van der Waals surface area contributed by atoms with Crippen LogP contribution in [0.4, 0.5) is 19.3 Å². The summed E-state index contributed by atoms with van der Waals surface area (Å²) in [6, 6.07) is 12.4. The van der Waals surface area contributed by atoms with E-state index in [4.69, 9.17) is 25.1 Å². The van der Waals surface area contributed by atoms with Crippen molar-refractivity contribution in [3.8, 4) is 28.6 Å². The molecule has 0 bridgehead atoms. The molecule has 0 saturated carbocycles. The zero-order chi connectivity index (χ0) is 26.2. The molecule has 1 heterocycles. The maximum Gasteiger partial charge on any atom is 0.411 e. The number of carbonyl (C=O) groups excluding carboxylic acids is 1. The van der Waals surface area contributed by atoms with E-state index in [1.54, 1.807) is 25.1 Å². The second kappa shape index (κ2) is 11.9. The lowest BCUT2D eigenvalue weighted by Gasteiger charge is -2.15. The fourth-order valence-electron chi connectivity index (χ4n) is 3.20. The van der Waals surface area contributed by atoms with Crippen LogP contribution < -0.4 is 20.5 Å². The van der Waals surface area contributed by atoms with Crippen LogP contribution in [0.3, 0.4) is 0 Å². The van der Waals surface area contributed by atoms with Gasteiger partial charge in [0.25, 0.3) is 11.8 Å². The van der Waals surface area contributed by atoms with E-state index in [1.807, 2.05) is 18.2 Å². The van der Waals surface area contributed by atoms with Crippen LogP contribution in [0.5, 0.6) is 17.5 Å². The minimum Gasteiger partial charge on any atom is -0.479 e. The largest absolute Gasteiger partial charge is 0.479 e. The van der Waals surface area contributed by atoms with Gasteiger partial charge in [0.1, 0.15) is 5.75 Å². The first-order chi connectivity index (χ1) is 17.2. The Morgan fingerprint density at radius 3 is 2.47 bits per heavy atom. The van der Waals surface area contributed by atoms with Crippen molar-refractivity contribution in [2.45, 2.75) is 32.9 Å². The first kappa shape index (κ1) is 26.4. The molecule has 0 aliphatic rings. The number of aromatic nitrogens is 1. The minimum atomic E-state index is -1.39. The predicted molar refractivity (Wildman–Crippen MR) is 127 cm³/mol.